The summed E-state index contributed by atoms with van der Waals surface area (Å²) in [5.41, 5.74) is 6.84. The number of hydrogen-bond acceptors (Lipinski definition) is 5. The number of carbonyl (C=O) groups excluding carboxylic acids is 1. The van der Waals surface area contributed by atoms with Gasteiger partial charge in [0.15, 0.2) is 0 Å². The second-order valence-electron chi connectivity index (χ2n) is 4.45. The zero-order valence-corrected chi connectivity index (χ0v) is 11.0. The molecule has 6 nitrogen and oxygen atoms in total. The summed E-state index contributed by atoms with van der Waals surface area (Å²) < 4.78 is 5.27. The van der Waals surface area contributed by atoms with Crippen LogP contribution in [0.15, 0.2) is 18.3 Å². The van der Waals surface area contributed by atoms with Crippen LogP contribution in [0.2, 0.25) is 0 Å². The van der Waals surface area contributed by atoms with E-state index in [9.17, 15) is 4.79 Å². The fraction of sp³-hybridized carbons (Fsp3) is 0.538. The first kappa shape index (κ1) is 13.9. The van der Waals surface area contributed by atoms with Crippen LogP contribution in [0.5, 0.6) is 0 Å². The van der Waals surface area contributed by atoms with E-state index >= 15 is 0 Å². The van der Waals surface area contributed by atoms with Gasteiger partial charge in [-0.15, -0.1) is 0 Å². The molecular formula is C13H20N4O2. The Hall–Kier alpha value is -1.50. The monoisotopic (exact) mass is 264 g/mol. The van der Waals surface area contributed by atoms with Crippen molar-refractivity contribution in [3.63, 3.8) is 0 Å². The van der Waals surface area contributed by atoms with Crippen molar-refractivity contribution in [2.24, 2.45) is 5.73 Å². The molecule has 1 aliphatic rings. The molecule has 1 saturated heterocycles. The quantitative estimate of drug-likeness (QED) is 0.756. The number of aromatic nitrogens is 1. The number of morpholine rings is 1. The summed E-state index contributed by atoms with van der Waals surface area (Å²) in [4.78, 5) is 18.3. The number of rotatable bonds is 5. The largest absolute Gasteiger partial charge is 0.379 e. The van der Waals surface area contributed by atoms with Crippen LogP contribution in [0.3, 0.4) is 0 Å². The molecule has 2 rings (SSSR count). The van der Waals surface area contributed by atoms with Crippen LogP contribution in [0, 0.1) is 0 Å². The first-order chi connectivity index (χ1) is 9.29. The molecule has 19 heavy (non-hydrogen) atoms. The van der Waals surface area contributed by atoms with E-state index in [1.807, 2.05) is 0 Å². The van der Waals surface area contributed by atoms with Gasteiger partial charge in [0.05, 0.1) is 18.9 Å². The third kappa shape index (κ3) is 4.27. The van der Waals surface area contributed by atoms with Crippen LogP contribution in [0.25, 0.3) is 0 Å². The number of hydrogen-bond donors (Lipinski definition) is 2. The standard InChI is InChI=1S/C13H20N4O2/c14-10-12-9-11(1-2-15-12)13(18)16-3-4-17-5-7-19-8-6-17/h1-2,9H,3-8,10,14H2,(H,16,18). The van der Waals surface area contributed by atoms with E-state index in [-0.39, 0.29) is 5.91 Å². The lowest BCUT2D eigenvalue weighted by Crippen LogP contribution is -2.41. The molecule has 3 N–H and O–H groups in total. The Morgan fingerprint density at radius 3 is 3.00 bits per heavy atom. The molecule has 0 bridgehead atoms. The van der Waals surface area contributed by atoms with Gasteiger partial charge in [-0.05, 0) is 12.1 Å². The molecule has 1 fully saturated rings. The van der Waals surface area contributed by atoms with E-state index in [2.05, 4.69) is 15.2 Å². The summed E-state index contributed by atoms with van der Waals surface area (Å²) in [5.74, 6) is -0.0784. The Morgan fingerprint density at radius 1 is 1.47 bits per heavy atom. The highest BCUT2D eigenvalue weighted by molar-refractivity contribution is 5.94. The molecule has 0 aliphatic carbocycles. The lowest BCUT2D eigenvalue weighted by atomic mass is 10.2. The molecule has 0 radical (unpaired) electrons. The van der Waals surface area contributed by atoms with Crippen LogP contribution in [0.4, 0.5) is 0 Å². The Labute approximate surface area is 112 Å². The number of nitrogens with one attached hydrogen (secondary N) is 1. The van der Waals surface area contributed by atoms with Gasteiger partial charge in [0.2, 0.25) is 0 Å². The predicted molar refractivity (Wildman–Crippen MR) is 71.7 cm³/mol. The number of nitrogens with two attached hydrogens (primary N) is 1. The molecule has 0 unspecified atom stereocenters. The minimum atomic E-state index is -0.0784. The molecule has 2 heterocycles. The number of ether oxygens (including phenoxy) is 1. The maximum Gasteiger partial charge on any atom is 0.251 e. The van der Waals surface area contributed by atoms with Gasteiger partial charge in [-0.25, -0.2) is 0 Å². The Morgan fingerprint density at radius 2 is 2.26 bits per heavy atom. The van der Waals surface area contributed by atoms with Gasteiger partial charge >= 0.3 is 0 Å². The lowest BCUT2D eigenvalue weighted by molar-refractivity contribution is 0.0383. The second kappa shape index (κ2) is 7.18. The summed E-state index contributed by atoms with van der Waals surface area (Å²) in [6, 6.07) is 3.42. The van der Waals surface area contributed by atoms with Gasteiger partial charge in [0.25, 0.3) is 5.91 Å². The Kier molecular flexibility index (Phi) is 5.26. The van der Waals surface area contributed by atoms with Crippen molar-refractivity contribution in [2.45, 2.75) is 6.54 Å². The first-order valence-electron chi connectivity index (χ1n) is 6.53. The Bertz CT molecular complexity index is 419. The number of amides is 1. The van der Waals surface area contributed by atoms with Gasteiger partial charge in [0, 0.05) is 44.5 Å². The average Bonchev–Trinajstić information content (AvgIpc) is 2.48. The minimum Gasteiger partial charge on any atom is -0.379 e. The second-order valence-corrected chi connectivity index (χ2v) is 4.45. The third-order valence-corrected chi connectivity index (χ3v) is 3.11. The van der Waals surface area contributed by atoms with E-state index in [0.29, 0.717) is 18.7 Å². The summed E-state index contributed by atoms with van der Waals surface area (Å²) in [6.07, 6.45) is 1.61. The summed E-state index contributed by atoms with van der Waals surface area (Å²) in [7, 11) is 0. The number of nitrogens with zero attached hydrogens (tertiary/aromatic N) is 2. The van der Waals surface area contributed by atoms with Crippen molar-refractivity contribution in [3.05, 3.63) is 29.6 Å². The van der Waals surface area contributed by atoms with E-state index in [1.54, 1.807) is 18.3 Å². The topological polar surface area (TPSA) is 80.5 Å². The third-order valence-electron chi connectivity index (χ3n) is 3.11. The van der Waals surface area contributed by atoms with Crippen molar-refractivity contribution in [2.75, 3.05) is 39.4 Å². The Balaban J connectivity index is 1.77. The van der Waals surface area contributed by atoms with E-state index in [1.165, 1.54) is 0 Å². The van der Waals surface area contributed by atoms with Crippen molar-refractivity contribution >= 4 is 5.91 Å². The molecule has 1 aromatic heterocycles. The summed E-state index contributed by atoms with van der Waals surface area (Å²) in [5, 5.41) is 2.91. The molecule has 1 aromatic rings. The molecule has 6 heteroatoms. The normalized spacial score (nSPS) is 16.3. The molecule has 0 atom stereocenters. The zero-order valence-electron chi connectivity index (χ0n) is 11.0. The fourth-order valence-electron chi connectivity index (χ4n) is 1.99. The highest BCUT2D eigenvalue weighted by atomic mass is 16.5. The molecular weight excluding hydrogens is 244 g/mol. The first-order valence-corrected chi connectivity index (χ1v) is 6.53. The fourth-order valence-corrected chi connectivity index (χ4v) is 1.99. The molecule has 0 aromatic carbocycles. The highest BCUT2D eigenvalue weighted by Gasteiger charge is 2.11. The summed E-state index contributed by atoms with van der Waals surface area (Å²) >= 11 is 0. The molecule has 1 aliphatic heterocycles. The maximum atomic E-state index is 11.9. The molecule has 1 amide bonds. The van der Waals surface area contributed by atoms with Crippen molar-refractivity contribution < 1.29 is 9.53 Å². The highest BCUT2D eigenvalue weighted by Crippen LogP contribution is 2.01. The maximum absolute atomic E-state index is 11.9. The number of pyridine rings is 1. The zero-order chi connectivity index (χ0) is 13.5. The minimum absolute atomic E-state index is 0.0784. The van der Waals surface area contributed by atoms with Gasteiger partial charge in [-0.2, -0.15) is 0 Å². The van der Waals surface area contributed by atoms with E-state index < -0.39 is 0 Å². The molecule has 104 valence electrons. The van der Waals surface area contributed by atoms with Gasteiger partial charge in [-0.3, -0.25) is 14.7 Å². The predicted octanol–water partition coefficient (Wildman–Crippen LogP) is -0.398. The smallest absolute Gasteiger partial charge is 0.251 e. The summed E-state index contributed by atoms with van der Waals surface area (Å²) in [6.45, 7) is 5.25. The van der Waals surface area contributed by atoms with E-state index in [4.69, 9.17) is 10.5 Å². The van der Waals surface area contributed by atoms with Crippen LogP contribution in [0.1, 0.15) is 16.1 Å². The molecule has 0 spiro atoms. The number of carbonyl (C=O) groups is 1. The van der Waals surface area contributed by atoms with Gasteiger partial charge < -0.3 is 15.8 Å². The van der Waals surface area contributed by atoms with E-state index in [0.717, 1.165) is 38.5 Å². The van der Waals surface area contributed by atoms with Crippen LogP contribution in [-0.2, 0) is 11.3 Å². The van der Waals surface area contributed by atoms with Crippen molar-refractivity contribution in [3.8, 4) is 0 Å². The van der Waals surface area contributed by atoms with Crippen molar-refractivity contribution in [1.29, 1.82) is 0 Å². The van der Waals surface area contributed by atoms with Crippen LogP contribution in [-0.4, -0.2) is 55.2 Å². The average molecular weight is 264 g/mol. The molecule has 0 saturated carbocycles. The van der Waals surface area contributed by atoms with Gasteiger partial charge in [-0.1, -0.05) is 0 Å². The van der Waals surface area contributed by atoms with Crippen LogP contribution >= 0.6 is 0 Å². The van der Waals surface area contributed by atoms with Crippen molar-refractivity contribution in [1.82, 2.24) is 15.2 Å². The van der Waals surface area contributed by atoms with Crippen LogP contribution < -0.4 is 11.1 Å². The van der Waals surface area contributed by atoms with Gasteiger partial charge in [0.1, 0.15) is 0 Å². The SMILES string of the molecule is NCc1cc(C(=O)NCCN2CCOCC2)ccn1. The lowest BCUT2D eigenvalue weighted by Gasteiger charge is -2.26.